The molecule has 3 atom stereocenters. The molecule has 3 N–H and O–H groups in total. The second-order valence-electron chi connectivity index (χ2n) is 7.08. The molecule has 4 nitrogen and oxygen atoms in total. The smallest absolute Gasteiger partial charge is 0.248 e. The SMILES string of the molecule is NC(=O)c1cccc(CCN[C@@H]2[C@H]3CCO[C@H]3C23CCC3)c1. The van der Waals surface area contributed by atoms with Crippen LogP contribution in [-0.2, 0) is 11.2 Å². The Balaban J connectivity index is 1.35. The zero-order valence-corrected chi connectivity index (χ0v) is 12.9. The summed E-state index contributed by atoms with van der Waals surface area (Å²) in [4.78, 5) is 11.2. The molecule has 1 aromatic carbocycles. The monoisotopic (exact) mass is 300 g/mol. The van der Waals surface area contributed by atoms with Crippen molar-refractivity contribution in [1.29, 1.82) is 0 Å². The summed E-state index contributed by atoms with van der Waals surface area (Å²) in [5, 5.41) is 3.78. The summed E-state index contributed by atoms with van der Waals surface area (Å²) in [5.74, 6) is 0.366. The average molecular weight is 300 g/mol. The molecule has 118 valence electrons. The Kier molecular flexibility index (Phi) is 3.46. The molecule has 0 aromatic heterocycles. The number of amides is 1. The average Bonchev–Trinajstić information content (AvgIpc) is 2.87. The van der Waals surface area contributed by atoms with E-state index in [-0.39, 0.29) is 5.91 Å². The Hall–Kier alpha value is -1.39. The third-order valence-electron chi connectivity index (χ3n) is 6.03. The maximum atomic E-state index is 11.2. The Morgan fingerprint density at radius 1 is 1.41 bits per heavy atom. The van der Waals surface area contributed by atoms with Crippen LogP contribution in [0.1, 0.15) is 41.6 Å². The molecule has 1 aromatic rings. The number of ether oxygens (including phenoxy) is 1. The maximum Gasteiger partial charge on any atom is 0.248 e. The summed E-state index contributed by atoms with van der Waals surface area (Å²) in [6.07, 6.45) is 6.67. The van der Waals surface area contributed by atoms with E-state index in [2.05, 4.69) is 11.4 Å². The first-order chi connectivity index (χ1) is 10.7. The number of primary amides is 1. The fraction of sp³-hybridized carbons (Fsp3) is 0.611. The van der Waals surface area contributed by atoms with Gasteiger partial charge in [0.2, 0.25) is 5.91 Å². The largest absolute Gasteiger partial charge is 0.377 e. The van der Waals surface area contributed by atoms with E-state index in [0.29, 0.717) is 23.1 Å². The van der Waals surface area contributed by atoms with Crippen LogP contribution in [0.4, 0.5) is 0 Å². The van der Waals surface area contributed by atoms with Gasteiger partial charge in [0.15, 0.2) is 0 Å². The molecule has 22 heavy (non-hydrogen) atoms. The van der Waals surface area contributed by atoms with E-state index in [1.807, 2.05) is 12.1 Å². The lowest BCUT2D eigenvalue weighted by Gasteiger charge is -2.63. The second kappa shape index (κ2) is 5.36. The molecule has 1 aliphatic heterocycles. The predicted molar refractivity (Wildman–Crippen MR) is 84.6 cm³/mol. The van der Waals surface area contributed by atoms with Crippen molar-refractivity contribution in [3.63, 3.8) is 0 Å². The Morgan fingerprint density at radius 3 is 3.00 bits per heavy atom. The number of carbonyl (C=O) groups excluding carboxylic acids is 1. The normalized spacial score (nSPS) is 31.4. The number of rotatable bonds is 5. The van der Waals surface area contributed by atoms with E-state index >= 15 is 0 Å². The van der Waals surface area contributed by atoms with E-state index in [0.717, 1.165) is 25.5 Å². The van der Waals surface area contributed by atoms with Crippen LogP contribution >= 0.6 is 0 Å². The van der Waals surface area contributed by atoms with Crippen molar-refractivity contribution >= 4 is 5.91 Å². The molecule has 4 rings (SSSR count). The van der Waals surface area contributed by atoms with Gasteiger partial charge in [-0.2, -0.15) is 0 Å². The highest BCUT2D eigenvalue weighted by molar-refractivity contribution is 5.92. The Morgan fingerprint density at radius 2 is 2.27 bits per heavy atom. The number of nitrogens with one attached hydrogen (secondary N) is 1. The van der Waals surface area contributed by atoms with Crippen LogP contribution in [0.5, 0.6) is 0 Å². The first kappa shape index (κ1) is 14.2. The highest BCUT2D eigenvalue weighted by Gasteiger charge is 2.66. The van der Waals surface area contributed by atoms with Crippen LogP contribution in [-0.4, -0.2) is 31.2 Å². The fourth-order valence-electron chi connectivity index (χ4n) is 4.81. The molecule has 0 bridgehead atoms. The van der Waals surface area contributed by atoms with Gasteiger partial charge in [-0.25, -0.2) is 0 Å². The molecule has 1 heterocycles. The van der Waals surface area contributed by atoms with Gasteiger partial charge < -0.3 is 15.8 Å². The summed E-state index contributed by atoms with van der Waals surface area (Å²) in [6.45, 7) is 1.90. The van der Waals surface area contributed by atoms with Crippen LogP contribution in [0.2, 0.25) is 0 Å². The quantitative estimate of drug-likeness (QED) is 0.872. The molecule has 1 amide bonds. The summed E-state index contributed by atoms with van der Waals surface area (Å²) < 4.78 is 5.96. The van der Waals surface area contributed by atoms with Gasteiger partial charge in [-0.3, -0.25) is 4.79 Å². The predicted octanol–water partition coefficient (Wildman–Crippen LogP) is 1.88. The number of hydrogen-bond acceptors (Lipinski definition) is 3. The van der Waals surface area contributed by atoms with Gasteiger partial charge in [0, 0.05) is 29.5 Å². The maximum absolute atomic E-state index is 11.2. The van der Waals surface area contributed by atoms with Gasteiger partial charge in [-0.15, -0.1) is 0 Å². The van der Waals surface area contributed by atoms with Crippen LogP contribution < -0.4 is 11.1 Å². The lowest BCUT2D eigenvalue weighted by molar-refractivity contribution is -0.175. The van der Waals surface area contributed by atoms with Crippen molar-refractivity contribution in [3.05, 3.63) is 35.4 Å². The molecule has 1 saturated heterocycles. The minimum absolute atomic E-state index is 0.354. The molecule has 4 heteroatoms. The minimum atomic E-state index is -0.354. The van der Waals surface area contributed by atoms with E-state index < -0.39 is 0 Å². The molecule has 0 unspecified atom stereocenters. The van der Waals surface area contributed by atoms with Crippen molar-refractivity contribution in [2.75, 3.05) is 13.2 Å². The molecule has 3 aliphatic rings. The highest BCUT2D eigenvalue weighted by atomic mass is 16.5. The molecule has 0 radical (unpaired) electrons. The molecule has 1 spiro atoms. The zero-order valence-electron chi connectivity index (χ0n) is 12.9. The third kappa shape index (κ3) is 2.09. The summed E-state index contributed by atoms with van der Waals surface area (Å²) in [6, 6.07) is 8.29. The Bertz CT molecular complexity index is 582. The Labute approximate surface area is 131 Å². The lowest BCUT2D eigenvalue weighted by Crippen LogP contribution is -2.71. The molecular weight excluding hydrogens is 276 g/mol. The van der Waals surface area contributed by atoms with Gasteiger partial charge in [0.05, 0.1) is 6.10 Å². The highest BCUT2D eigenvalue weighted by Crippen LogP contribution is 2.62. The van der Waals surface area contributed by atoms with Crippen LogP contribution in [0, 0.1) is 11.3 Å². The third-order valence-corrected chi connectivity index (χ3v) is 6.03. The number of fused-ring (bicyclic) bond motifs is 2. The van der Waals surface area contributed by atoms with Crippen molar-refractivity contribution in [3.8, 4) is 0 Å². The van der Waals surface area contributed by atoms with Gasteiger partial charge in [0.25, 0.3) is 0 Å². The molecule has 2 aliphatic carbocycles. The first-order valence-corrected chi connectivity index (χ1v) is 8.44. The summed E-state index contributed by atoms with van der Waals surface area (Å²) in [5.41, 5.74) is 7.55. The number of benzene rings is 1. The van der Waals surface area contributed by atoms with E-state index in [1.54, 1.807) is 6.07 Å². The standard InChI is InChI=1S/C18H24N2O2/c19-17(21)13-4-1-3-12(11-13)5-9-20-15-14-6-10-22-16(14)18(15)7-2-8-18/h1,3-4,11,14-16,20H,2,5-10H2,(H2,19,21)/t14-,15-,16-/m1/s1. The van der Waals surface area contributed by atoms with Crippen molar-refractivity contribution in [2.45, 2.75) is 44.2 Å². The first-order valence-electron chi connectivity index (χ1n) is 8.44. The molecular formula is C18H24N2O2. The van der Waals surface area contributed by atoms with Crippen molar-refractivity contribution in [1.82, 2.24) is 5.32 Å². The van der Waals surface area contributed by atoms with Crippen molar-refractivity contribution in [2.24, 2.45) is 17.1 Å². The van der Waals surface area contributed by atoms with Crippen LogP contribution in [0.25, 0.3) is 0 Å². The number of nitrogens with two attached hydrogens (primary N) is 1. The fourth-order valence-corrected chi connectivity index (χ4v) is 4.81. The van der Waals surface area contributed by atoms with Gasteiger partial charge in [-0.1, -0.05) is 18.6 Å². The minimum Gasteiger partial charge on any atom is -0.377 e. The van der Waals surface area contributed by atoms with Gasteiger partial charge in [-0.05, 0) is 49.9 Å². The van der Waals surface area contributed by atoms with Gasteiger partial charge >= 0.3 is 0 Å². The van der Waals surface area contributed by atoms with Gasteiger partial charge in [0.1, 0.15) is 0 Å². The van der Waals surface area contributed by atoms with E-state index in [9.17, 15) is 4.79 Å². The summed E-state index contributed by atoms with van der Waals surface area (Å²) in [7, 11) is 0. The topological polar surface area (TPSA) is 64.4 Å². The zero-order chi connectivity index (χ0) is 15.2. The van der Waals surface area contributed by atoms with E-state index in [1.165, 1.54) is 31.2 Å². The number of carbonyl (C=O) groups is 1. The number of hydrogen-bond donors (Lipinski definition) is 2. The van der Waals surface area contributed by atoms with E-state index in [4.69, 9.17) is 10.5 Å². The van der Waals surface area contributed by atoms with Crippen LogP contribution in [0.15, 0.2) is 24.3 Å². The van der Waals surface area contributed by atoms with Crippen molar-refractivity contribution < 1.29 is 9.53 Å². The summed E-state index contributed by atoms with van der Waals surface area (Å²) >= 11 is 0. The second-order valence-corrected chi connectivity index (χ2v) is 7.08. The molecule has 3 fully saturated rings. The van der Waals surface area contributed by atoms with Crippen LogP contribution in [0.3, 0.4) is 0 Å². The molecule has 2 saturated carbocycles. The lowest BCUT2D eigenvalue weighted by atomic mass is 9.46.